The molecule has 2 rings (SSSR count). The van der Waals surface area contributed by atoms with Crippen molar-refractivity contribution in [3.8, 4) is 0 Å². The maximum Gasteiger partial charge on any atom is 0.265 e. The van der Waals surface area contributed by atoms with E-state index >= 15 is 0 Å². The van der Waals surface area contributed by atoms with E-state index in [-0.39, 0.29) is 23.5 Å². The second-order valence-corrected chi connectivity index (χ2v) is 8.78. The molecule has 0 saturated heterocycles. The molecule has 2 aromatic rings. The number of sulfonamides is 1. The van der Waals surface area contributed by atoms with E-state index in [9.17, 15) is 13.2 Å². The van der Waals surface area contributed by atoms with Crippen molar-refractivity contribution in [2.75, 3.05) is 19.0 Å². The van der Waals surface area contributed by atoms with Crippen molar-refractivity contribution in [3.05, 3.63) is 45.6 Å². The van der Waals surface area contributed by atoms with E-state index in [0.29, 0.717) is 10.6 Å². The van der Waals surface area contributed by atoms with Gasteiger partial charge in [-0.25, -0.2) is 13.1 Å². The number of hydrogen-bond donors (Lipinski definition) is 2. The van der Waals surface area contributed by atoms with Crippen LogP contribution in [-0.4, -0.2) is 34.1 Å². The minimum Gasteiger partial charge on any atom is -0.383 e. The molecule has 0 bridgehead atoms. The third-order valence-electron chi connectivity index (χ3n) is 3.59. The number of rotatable bonds is 7. The highest BCUT2D eigenvalue weighted by Gasteiger charge is 2.17. The maximum atomic E-state index is 12.3. The van der Waals surface area contributed by atoms with Gasteiger partial charge in [-0.3, -0.25) is 4.79 Å². The normalized spacial score (nSPS) is 12.8. The lowest BCUT2D eigenvalue weighted by molar-refractivity contribution is 0.103. The molecule has 1 amide bonds. The summed E-state index contributed by atoms with van der Waals surface area (Å²) in [7, 11) is -2.11. The van der Waals surface area contributed by atoms with Gasteiger partial charge < -0.3 is 10.1 Å². The van der Waals surface area contributed by atoms with E-state index in [1.165, 1.54) is 30.6 Å². The third-order valence-corrected chi connectivity index (χ3v) is 6.34. The quantitative estimate of drug-likeness (QED) is 0.771. The Balaban J connectivity index is 2.07. The van der Waals surface area contributed by atoms with Crippen LogP contribution in [0.1, 0.15) is 27.0 Å². The first kappa shape index (κ1) is 19.6. The highest BCUT2D eigenvalue weighted by Crippen LogP contribution is 2.22. The number of thiophene rings is 1. The number of anilines is 1. The molecule has 25 heavy (non-hydrogen) atoms. The number of nitrogens with one attached hydrogen (secondary N) is 2. The summed E-state index contributed by atoms with van der Waals surface area (Å²) in [5.74, 6) is -0.205. The van der Waals surface area contributed by atoms with Crippen molar-refractivity contribution in [2.45, 2.75) is 31.7 Å². The van der Waals surface area contributed by atoms with Crippen molar-refractivity contribution >= 4 is 33.0 Å². The predicted molar refractivity (Wildman–Crippen MR) is 99.8 cm³/mol. The molecular formula is C17H22N2O4S2. The standard InChI is InChI=1S/C17H22N2O4S2/c1-11-9-16(24-13(11)3)17(20)18-14-5-7-15(8-6-14)25(21,22)19-12(2)10-23-4/h5-9,12,19H,10H2,1-4H3,(H,18,20). The molecule has 1 atom stereocenters. The fraction of sp³-hybridized carbons (Fsp3) is 0.353. The van der Waals surface area contributed by atoms with Crippen LogP contribution in [0.15, 0.2) is 35.2 Å². The van der Waals surface area contributed by atoms with Gasteiger partial charge in [0.25, 0.3) is 5.91 Å². The molecule has 1 unspecified atom stereocenters. The highest BCUT2D eigenvalue weighted by molar-refractivity contribution is 7.89. The fourth-order valence-corrected chi connectivity index (χ4v) is 4.37. The Morgan fingerprint density at radius 3 is 2.40 bits per heavy atom. The lowest BCUT2D eigenvalue weighted by atomic mass is 10.2. The number of carbonyl (C=O) groups is 1. The average molecular weight is 383 g/mol. The third kappa shape index (κ3) is 5.12. The fourth-order valence-electron chi connectivity index (χ4n) is 2.21. The van der Waals surface area contributed by atoms with Gasteiger partial charge in [0.15, 0.2) is 0 Å². The number of methoxy groups -OCH3 is 1. The zero-order valence-electron chi connectivity index (χ0n) is 14.6. The van der Waals surface area contributed by atoms with E-state index < -0.39 is 10.0 Å². The molecule has 1 aromatic heterocycles. The SMILES string of the molecule is COCC(C)NS(=O)(=O)c1ccc(NC(=O)c2cc(C)c(C)s2)cc1. The van der Waals surface area contributed by atoms with Crippen LogP contribution in [0.5, 0.6) is 0 Å². The van der Waals surface area contributed by atoms with E-state index in [1.54, 1.807) is 19.1 Å². The van der Waals surface area contributed by atoms with Crippen molar-refractivity contribution in [2.24, 2.45) is 0 Å². The zero-order valence-corrected chi connectivity index (χ0v) is 16.3. The monoisotopic (exact) mass is 382 g/mol. The van der Waals surface area contributed by atoms with Gasteiger partial charge in [-0.1, -0.05) is 0 Å². The second kappa shape index (κ2) is 8.09. The Morgan fingerprint density at radius 2 is 1.88 bits per heavy atom. The zero-order chi connectivity index (χ0) is 18.6. The first-order valence-corrected chi connectivity index (χ1v) is 10.0. The Labute approximate surface area is 152 Å². The lowest BCUT2D eigenvalue weighted by Crippen LogP contribution is -2.35. The van der Waals surface area contributed by atoms with Crippen LogP contribution in [-0.2, 0) is 14.8 Å². The van der Waals surface area contributed by atoms with Crippen molar-refractivity contribution in [1.82, 2.24) is 4.72 Å². The topological polar surface area (TPSA) is 84.5 Å². The molecular weight excluding hydrogens is 360 g/mol. The number of amides is 1. The van der Waals surface area contributed by atoms with E-state index in [1.807, 2.05) is 19.9 Å². The summed E-state index contributed by atoms with van der Waals surface area (Å²) in [6, 6.07) is 7.57. The molecule has 0 radical (unpaired) electrons. The smallest absolute Gasteiger partial charge is 0.265 e. The average Bonchev–Trinajstić information content (AvgIpc) is 2.87. The number of hydrogen-bond acceptors (Lipinski definition) is 5. The molecule has 0 aliphatic heterocycles. The van der Waals surface area contributed by atoms with Gasteiger partial charge in [-0.2, -0.15) is 0 Å². The van der Waals surface area contributed by atoms with Crippen LogP contribution in [0.4, 0.5) is 5.69 Å². The molecule has 0 aliphatic rings. The van der Waals surface area contributed by atoms with Crippen LogP contribution < -0.4 is 10.0 Å². The van der Waals surface area contributed by atoms with Gasteiger partial charge in [0.1, 0.15) is 0 Å². The van der Waals surface area contributed by atoms with Crippen LogP contribution in [0.25, 0.3) is 0 Å². The first-order valence-electron chi connectivity index (χ1n) is 7.72. The summed E-state index contributed by atoms with van der Waals surface area (Å²) in [6.45, 7) is 5.93. The van der Waals surface area contributed by atoms with Crippen molar-refractivity contribution in [3.63, 3.8) is 0 Å². The molecule has 6 nitrogen and oxygen atoms in total. The molecule has 0 saturated carbocycles. The molecule has 136 valence electrons. The largest absolute Gasteiger partial charge is 0.383 e. The van der Waals surface area contributed by atoms with E-state index in [2.05, 4.69) is 10.0 Å². The van der Waals surface area contributed by atoms with Crippen LogP contribution >= 0.6 is 11.3 Å². The van der Waals surface area contributed by atoms with Gasteiger partial charge in [-0.05, 0) is 56.7 Å². The summed E-state index contributed by atoms with van der Waals surface area (Å²) in [5.41, 5.74) is 1.62. The Bertz CT molecular complexity index is 823. The van der Waals surface area contributed by atoms with Gasteiger partial charge >= 0.3 is 0 Å². The lowest BCUT2D eigenvalue weighted by Gasteiger charge is -2.13. The molecule has 0 fully saturated rings. The molecule has 0 spiro atoms. The summed E-state index contributed by atoms with van der Waals surface area (Å²) in [5, 5.41) is 2.77. The van der Waals surface area contributed by atoms with E-state index in [4.69, 9.17) is 4.74 Å². The summed E-state index contributed by atoms with van der Waals surface area (Å²) in [4.78, 5) is 14.1. The van der Waals surface area contributed by atoms with E-state index in [0.717, 1.165) is 10.4 Å². The maximum absolute atomic E-state index is 12.3. The number of benzene rings is 1. The minimum atomic E-state index is -3.62. The molecule has 1 aromatic carbocycles. The van der Waals surface area contributed by atoms with Crippen LogP contribution in [0, 0.1) is 13.8 Å². The number of ether oxygens (including phenoxy) is 1. The van der Waals surface area contributed by atoms with Crippen molar-refractivity contribution in [1.29, 1.82) is 0 Å². The Morgan fingerprint density at radius 1 is 1.24 bits per heavy atom. The second-order valence-electron chi connectivity index (χ2n) is 5.81. The van der Waals surface area contributed by atoms with Gasteiger partial charge in [-0.15, -0.1) is 11.3 Å². The van der Waals surface area contributed by atoms with Gasteiger partial charge in [0.05, 0.1) is 16.4 Å². The molecule has 2 N–H and O–H groups in total. The summed E-state index contributed by atoms with van der Waals surface area (Å²) >= 11 is 1.43. The van der Waals surface area contributed by atoms with Crippen LogP contribution in [0.2, 0.25) is 0 Å². The minimum absolute atomic E-state index is 0.135. The predicted octanol–water partition coefficient (Wildman–Crippen LogP) is 2.93. The number of aryl methyl sites for hydroxylation is 2. The molecule has 0 aliphatic carbocycles. The molecule has 1 heterocycles. The first-order chi connectivity index (χ1) is 11.7. The highest BCUT2D eigenvalue weighted by atomic mass is 32.2. The summed E-state index contributed by atoms with van der Waals surface area (Å²) < 4.78 is 32.0. The van der Waals surface area contributed by atoms with Crippen LogP contribution in [0.3, 0.4) is 0 Å². The number of carbonyl (C=O) groups excluding carboxylic acids is 1. The van der Waals surface area contributed by atoms with Gasteiger partial charge in [0, 0.05) is 23.7 Å². The molecule has 8 heteroatoms. The Kier molecular flexibility index (Phi) is 6.34. The Hall–Kier alpha value is -1.74. The van der Waals surface area contributed by atoms with Crippen molar-refractivity contribution < 1.29 is 17.9 Å². The van der Waals surface area contributed by atoms with Gasteiger partial charge in [0.2, 0.25) is 10.0 Å². The summed E-state index contributed by atoms with van der Waals surface area (Å²) in [6.07, 6.45) is 0.